The first-order valence-electron chi connectivity index (χ1n) is 5.65. The molecule has 0 atom stereocenters. The lowest BCUT2D eigenvalue weighted by Crippen LogP contribution is -2.31. The number of nitrogens with two attached hydrogens (primary N) is 1. The van der Waals surface area contributed by atoms with Gasteiger partial charge in [0.15, 0.2) is 0 Å². The van der Waals surface area contributed by atoms with Crippen molar-refractivity contribution in [3.05, 3.63) is 28.7 Å². The van der Waals surface area contributed by atoms with E-state index in [1.54, 1.807) is 11.8 Å². The van der Waals surface area contributed by atoms with Crippen molar-refractivity contribution < 1.29 is 9.53 Å². The number of ether oxygens (including phenoxy) is 1. The molecule has 0 aliphatic carbocycles. The molecular formula is C12H17BrN2O2S. The maximum absolute atomic E-state index is 10.8. The number of amides is 1. The lowest BCUT2D eigenvalue weighted by Gasteiger charge is -2.06. The fourth-order valence-corrected chi connectivity index (χ4v) is 2.24. The van der Waals surface area contributed by atoms with Crippen LogP contribution in [0.2, 0.25) is 0 Å². The van der Waals surface area contributed by atoms with Gasteiger partial charge in [0.25, 0.3) is 0 Å². The highest BCUT2D eigenvalue weighted by Gasteiger charge is 1.97. The summed E-state index contributed by atoms with van der Waals surface area (Å²) >= 11 is 5.13. The fourth-order valence-electron chi connectivity index (χ4n) is 1.21. The molecule has 1 aromatic carbocycles. The Balaban J connectivity index is 2.00. The van der Waals surface area contributed by atoms with E-state index in [2.05, 4.69) is 21.2 Å². The molecule has 0 heterocycles. The van der Waals surface area contributed by atoms with Crippen LogP contribution < -0.4 is 15.8 Å². The second-order valence-corrected chi connectivity index (χ2v) is 5.61. The van der Waals surface area contributed by atoms with E-state index in [-0.39, 0.29) is 12.5 Å². The third kappa shape index (κ3) is 6.88. The molecule has 0 bridgehead atoms. The monoisotopic (exact) mass is 332 g/mol. The molecule has 100 valence electrons. The summed E-state index contributed by atoms with van der Waals surface area (Å²) in [7, 11) is 0. The molecule has 0 aromatic heterocycles. The highest BCUT2D eigenvalue weighted by molar-refractivity contribution is 9.10. The molecule has 0 saturated carbocycles. The molecule has 18 heavy (non-hydrogen) atoms. The minimum absolute atomic E-state index is 0.0522. The quantitative estimate of drug-likeness (QED) is 0.710. The number of hydrogen-bond donors (Lipinski definition) is 2. The molecule has 6 heteroatoms. The highest BCUT2D eigenvalue weighted by Crippen LogP contribution is 2.17. The number of carbonyl (C=O) groups is 1. The van der Waals surface area contributed by atoms with Crippen LogP contribution in [0.3, 0.4) is 0 Å². The first-order chi connectivity index (χ1) is 8.72. The Morgan fingerprint density at radius 2 is 2.28 bits per heavy atom. The van der Waals surface area contributed by atoms with Gasteiger partial charge in [0.05, 0.1) is 13.2 Å². The minimum Gasteiger partial charge on any atom is -0.493 e. The lowest BCUT2D eigenvalue weighted by molar-refractivity contribution is -0.119. The Labute approximate surface area is 120 Å². The highest BCUT2D eigenvalue weighted by atomic mass is 79.9. The Kier molecular flexibility index (Phi) is 7.88. The van der Waals surface area contributed by atoms with Crippen LogP contribution in [0.25, 0.3) is 0 Å². The molecule has 1 amide bonds. The molecule has 0 saturated heterocycles. The smallest absolute Gasteiger partial charge is 0.233 e. The third-order valence-electron chi connectivity index (χ3n) is 2.05. The van der Waals surface area contributed by atoms with Gasteiger partial charge in [-0.2, -0.15) is 11.8 Å². The van der Waals surface area contributed by atoms with Crippen molar-refractivity contribution in [1.29, 1.82) is 0 Å². The number of nitrogens with one attached hydrogen (secondary N) is 1. The average Bonchev–Trinajstić information content (AvgIpc) is 2.37. The van der Waals surface area contributed by atoms with Crippen LogP contribution in [-0.2, 0) is 4.79 Å². The number of thioether (sulfide) groups is 1. The number of benzene rings is 1. The van der Waals surface area contributed by atoms with Gasteiger partial charge in [0.2, 0.25) is 5.91 Å². The Morgan fingerprint density at radius 1 is 1.44 bits per heavy atom. The number of halogens is 1. The van der Waals surface area contributed by atoms with Crippen molar-refractivity contribution in [2.24, 2.45) is 5.73 Å². The van der Waals surface area contributed by atoms with Crippen LogP contribution in [-0.4, -0.2) is 37.1 Å². The van der Waals surface area contributed by atoms with Gasteiger partial charge in [-0.25, -0.2) is 0 Å². The topological polar surface area (TPSA) is 64.4 Å². The first kappa shape index (κ1) is 15.3. The van der Waals surface area contributed by atoms with Gasteiger partial charge in [-0.3, -0.25) is 4.79 Å². The number of rotatable bonds is 8. The maximum atomic E-state index is 10.8. The van der Waals surface area contributed by atoms with E-state index in [1.807, 2.05) is 24.3 Å². The van der Waals surface area contributed by atoms with Gasteiger partial charge in [-0.05, 0) is 18.2 Å². The molecule has 4 nitrogen and oxygen atoms in total. The van der Waals surface area contributed by atoms with Crippen molar-refractivity contribution in [1.82, 2.24) is 5.32 Å². The van der Waals surface area contributed by atoms with Crippen molar-refractivity contribution in [2.45, 2.75) is 0 Å². The SMILES string of the molecule is NCC(=O)NCCSCCOc1cccc(Br)c1. The van der Waals surface area contributed by atoms with Crippen LogP contribution >= 0.6 is 27.7 Å². The largest absolute Gasteiger partial charge is 0.493 e. The Bertz CT molecular complexity index is 377. The predicted molar refractivity (Wildman–Crippen MR) is 79.0 cm³/mol. The summed E-state index contributed by atoms with van der Waals surface area (Å²) in [4.78, 5) is 10.8. The van der Waals surface area contributed by atoms with Gasteiger partial charge < -0.3 is 15.8 Å². The number of hydrogen-bond acceptors (Lipinski definition) is 4. The molecule has 0 spiro atoms. The van der Waals surface area contributed by atoms with E-state index in [0.717, 1.165) is 21.7 Å². The molecule has 0 radical (unpaired) electrons. The lowest BCUT2D eigenvalue weighted by atomic mass is 10.3. The maximum Gasteiger partial charge on any atom is 0.233 e. The summed E-state index contributed by atoms with van der Waals surface area (Å²) in [5.74, 6) is 2.51. The number of carbonyl (C=O) groups excluding carboxylic acids is 1. The summed E-state index contributed by atoms with van der Waals surface area (Å²) in [6.45, 7) is 1.36. The zero-order valence-electron chi connectivity index (χ0n) is 10.0. The third-order valence-corrected chi connectivity index (χ3v) is 3.49. The average molecular weight is 333 g/mol. The summed E-state index contributed by atoms with van der Waals surface area (Å²) in [6.07, 6.45) is 0. The fraction of sp³-hybridized carbons (Fsp3) is 0.417. The van der Waals surface area contributed by atoms with Gasteiger partial charge in [0, 0.05) is 22.5 Å². The Morgan fingerprint density at radius 3 is 3.00 bits per heavy atom. The van der Waals surface area contributed by atoms with Crippen LogP contribution in [0, 0.1) is 0 Å². The molecule has 1 aromatic rings. The van der Waals surface area contributed by atoms with Gasteiger partial charge in [0.1, 0.15) is 5.75 Å². The molecule has 0 unspecified atom stereocenters. The van der Waals surface area contributed by atoms with Gasteiger partial charge >= 0.3 is 0 Å². The van der Waals surface area contributed by atoms with E-state index in [4.69, 9.17) is 10.5 Å². The molecule has 0 aliphatic rings. The van der Waals surface area contributed by atoms with Crippen molar-refractivity contribution in [3.63, 3.8) is 0 Å². The molecule has 0 fully saturated rings. The van der Waals surface area contributed by atoms with Crippen LogP contribution in [0.5, 0.6) is 5.75 Å². The summed E-state index contributed by atoms with van der Waals surface area (Å²) in [5.41, 5.74) is 5.17. The molecule has 3 N–H and O–H groups in total. The molecule has 1 rings (SSSR count). The Hall–Kier alpha value is -0.720. The van der Waals surface area contributed by atoms with Crippen LogP contribution in [0.1, 0.15) is 0 Å². The second kappa shape index (κ2) is 9.24. The van der Waals surface area contributed by atoms with E-state index >= 15 is 0 Å². The second-order valence-electron chi connectivity index (χ2n) is 3.47. The summed E-state index contributed by atoms with van der Waals surface area (Å²) in [5, 5.41) is 2.72. The zero-order valence-corrected chi connectivity index (χ0v) is 12.4. The van der Waals surface area contributed by atoms with Crippen molar-refractivity contribution in [2.75, 3.05) is 31.2 Å². The molecule has 0 aliphatic heterocycles. The normalized spacial score (nSPS) is 10.1. The van der Waals surface area contributed by atoms with Gasteiger partial charge in [-0.1, -0.05) is 22.0 Å². The van der Waals surface area contributed by atoms with Gasteiger partial charge in [-0.15, -0.1) is 0 Å². The standard InChI is InChI=1S/C12H17BrN2O2S/c13-10-2-1-3-11(8-10)17-5-7-18-6-4-15-12(16)9-14/h1-3,8H,4-7,9,14H2,(H,15,16). The van der Waals surface area contributed by atoms with Crippen molar-refractivity contribution in [3.8, 4) is 5.75 Å². The molecular weight excluding hydrogens is 316 g/mol. The van der Waals surface area contributed by atoms with E-state index in [9.17, 15) is 4.79 Å². The van der Waals surface area contributed by atoms with E-state index < -0.39 is 0 Å². The van der Waals surface area contributed by atoms with E-state index in [1.165, 1.54) is 0 Å². The summed E-state index contributed by atoms with van der Waals surface area (Å²) < 4.78 is 6.59. The zero-order chi connectivity index (χ0) is 13.2. The summed E-state index contributed by atoms with van der Waals surface area (Å²) in [6, 6.07) is 7.76. The predicted octanol–water partition coefficient (Wildman–Crippen LogP) is 1.64. The first-order valence-corrected chi connectivity index (χ1v) is 7.60. The van der Waals surface area contributed by atoms with E-state index in [0.29, 0.717) is 13.2 Å². The van der Waals surface area contributed by atoms with Crippen molar-refractivity contribution >= 4 is 33.6 Å². The van der Waals surface area contributed by atoms with Crippen LogP contribution in [0.4, 0.5) is 0 Å². The minimum atomic E-state index is -0.110. The van der Waals surface area contributed by atoms with Crippen LogP contribution in [0.15, 0.2) is 28.7 Å².